The van der Waals surface area contributed by atoms with Crippen molar-refractivity contribution in [1.29, 1.82) is 0 Å². The van der Waals surface area contributed by atoms with E-state index in [1.807, 2.05) is 6.07 Å². The Morgan fingerprint density at radius 2 is 1.78 bits per heavy atom. The van der Waals surface area contributed by atoms with Crippen LogP contribution in [0.4, 0.5) is 4.39 Å². The van der Waals surface area contributed by atoms with E-state index in [9.17, 15) is 9.18 Å². The molecule has 2 aromatic carbocycles. The third-order valence-electron chi connectivity index (χ3n) is 4.82. The first-order valence-corrected chi connectivity index (χ1v) is 8.25. The Morgan fingerprint density at radius 1 is 1.04 bits per heavy atom. The van der Waals surface area contributed by atoms with Gasteiger partial charge in [-0.05, 0) is 36.1 Å². The standard InChI is InChI=1S/C20H22FNO/c21-18-10-6-7-16(13-18)14-19(23)22-15-20(11-4-5-12-20)17-8-2-1-3-9-17/h1-3,6-10,13H,4-5,11-12,14-15H2,(H,22,23). The maximum Gasteiger partial charge on any atom is 0.224 e. The van der Waals surface area contributed by atoms with E-state index in [1.54, 1.807) is 12.1 Å². The fourth-order valence-corrected chi connectivity index (χ4v) is 3.57. The van der Waals surface area contributed by atoms with E-state index in [0.717, 1.165) is 12.8 Å². The minimum absolute atomic E-state index is 0.0437. The Labute approximate surface area is 136 Å². The largest absolute Gasteiger partial charge is 0.355 e. The molecule has 2 aromatic rings. The highest BCUT2D eigenvalue weighted by atomic mass is 19.1. The van der Waals surface area contributed by atoms with E-state index in [2.05, 4.69) is 29.6 Å². The lowest BCUT2D eigenvalue weighted by Gasteiger charge is -2.30. The van der Waals surface area contributed by atoms with Gasteiger partial charge in [-0.2, -0.15) is 0 Å². The molecule has 0 radical (unpaired) electrons. The van der Waals surface area contributed by atoms with Gasteiger partial charge < -0.3 is 5.32 Å². The number of benzene rings is 2. The molecule has 1 N–H and O–H groups in total. The summed E-state index contributed by atoms with van der Waals surface area (Å²) < 4.78 is 13.2. The van der Waals surface area contributed by atoms with Gasteiger partial charge in [0.25, 0.3) is 0 Å². The van der Waals surface area contributed by atoms with Crippen molar-refractivity contribution < 1.29 is 9.18 Å². The van der Waals surface area contributed by atoms with Crippen molar-refractivity contribution in [1.82, 2.24) is 5.32 Å². The van der Waals surface area contributed by atoms with E-state index in [-0.39, 0.29) is 23.6 Å². The number of halogens is 1. The third-order valence-corrected chi connectivity index (χ3v) is 4.82. The fraction of sp³-hybridized carbons (Fsp3) is 0.350. The second kappa shape index (κ2) is 6.95. The molecule has 3 heteroatoms. The summed E-state index contributed by atoms with van der Waals surface area (Å²) in [4.78, 5) is 12.2. The van der Waals surface area contributed by atoms with Gasteiger partial charge >= 0.3 is 0 Å². The highest BCUT2D eigenvalue weighted by Crippen LogP contribution is 2.40. The number of nitrogens with one attached hydrogen (secondary N) is 1. The quantitative estimate of drug-likeness (QED) is 0.888. The zero-order valence-electron chi connectivity index (χ0n) is 13.2. The molecule has 2 nitrogen and oxygen atoms in total. The van der Waals surface area contributed by atoms with Crippen LogP contribution in [0.2, 0.25) is 0 Å². The van der Waals surface area contributed by atoms with Gasteiger partial charge in [0.2, 0.25) is 5.91 Å². The molecule has 0 atom stereocenters. The van der Waals surface area contributed by atoms with Gasteiger partial charge in [-0.3, -0.25) is 4.79 Å². The SMILES string of the molecule is O=C(Cc1cccc(F)c1)NCC1(c2ccccc2)CCCC1. The minimum Gasteiger partial charge on any atom is -0.355 e. The first-order valence-electron chi connectivity index (χ1n) is 8.25. The molecule has 120 valence electrons. The molecule has 0 aliphatic heterocycles. The maximum absolute atomic E-state index is 13.2. The van der Waals surface area contributed by atoms with Gasteiger partial charge in [-0.25, -0.2) is 4.39 Å². The molecular formula is C20H22FNO. The van der Waals surface area contributed by atoms with Gasteiger partial charge in [0.15, 0.2) is 0 Å². The molecule has 0 heterocycles. The van der Waals surface area contributed by atoms with Crippen molar-refractivity contribution in [3.05, 3.63) is 71.5 Å². The minimum atomic E-state index is -0.299. The van der Waals surface area contributed by atoms with Crippen LogP contribution in [0, 0.1) is 5.82 Å². The van der Waals surface area contributed by atoms with Gasteiger partial charge in [-0.1, -0.05) is 55.3 Å². The molecule has 1 aliphatic rings. The molecule has 0 spiro atoms. The van der Waals surface area contributed by atoms with Gasteiger partial charge in [0.05, 0.1) is 6.42 Å². The summed E-state index contributed by atoms with van der Waals surface area (Å²) >= 11 is 0. The number of amides is 1. The first-order chi connectivity index (χ1) is 11.2. The molecule has 1 amide bonds. The second-order valence-corrected chi connectivity index (χ2v) is 6.44. The van der Waals surface area contributed by atoms with E-state index in [1.165, 1.54) is 30.5 Å². The van der Waals surface area contributed by atoms with Crippen LogP contribution in [-0.2, 0) is 16.6 Å². The number of carbonyl (C=O) groups is 1. The summed E-state index contributed by atoms with van der Waals surface area (Å²) in [5, 5.41) is 3.07. The van der Waals surface area contributed by atoms with Gasteiger partial charge in [0.1, 0.15) is 5.82 Å². The summed E-state index contributed by atoms with van der Waals surface area (Å²) in [6, 6.07) is 16.7. The molecule has 0 saturated heterocycles. The van der Waals surface area contributed by atoms with E-state index in [0.29, 0.717) is 12.1 Å². The van der Waals surface area contributed by atoms with E-state index in [4.69, 9.17) is 0 Å². The molecule has 23 heavy (non-hydrogen) atoms. The Balaban J connectivity index is 1.64. The Hall–Kier alpha value is -2.16. The number of hydrogen-bond donors (Lipinski definition) is 1. The molecular weight excluding hydrogens is 289 g/mol. The number of carbonyl (C=O) groups excluding carboxylic acids is 1. The summed E-state index contributed by atoms with van der Waals surface area (Å²) in [6.07, 6.45) is 4.85. The smallest absolute Gasteiger partial charge is 0.224 e. The Bertz CT molecular complexity index is 662. The lowest BCUT2D eigenvalue weighted by atomic mass is 9.79. The first kappa shape index (κ1) is 15.7. The van der Waals surface area contributed by atoms with Crippen molar-refractivity contribution in [2.24, 2.45) is 0 Å². The van der Waals surface area contributed by atoms with Crippen molar-refractivity contribution in [3.63, 3.8) is 0 Å². The van der Waals surface area contributed by atoms with Crippen molar-refractivity contribution in [3.8, 4) is 0 Å². The van der Waals surface area contributed by atoms with Gasteiger partial charge in [-0.15, -0.1) is 0 Å². The van der Waals surface area contributed by atoms with Crippen LogP contribution in [0.15, 0.2) is 54.6 Å². The lowest BCUT2D eigenvalue weighted by Crippen LogP contribution is -2.39. The van der Waals surface area contributed by atoms with E-state index < -0.39 is 0 Å². The molecule has 0 unspecified atom stereocenters. The second-order valence-electron chi connectivity index (χ2n) is 6.44. The summed E-state index contributed by atoms with van der Waals surface area (Å²) in [5.74, 6) is -0.343. The normalized spacial score (nSPS) is 16.2. The molecule has 1 aliphatic carbocycles. The van der Waals surface area contributed by atoms with Crippen LogP contribution in [0.25, 0.3) is 0 Å². The molecule has 0 bridgehead atoms. The highest BCUT2D eigenvalue weighted by Gasteiger charge is 2.35. The number of hydrogen-bond acceptors (Lipinski definition) is 1. The van der Waals surface area contributed by atoms with Crippen molar-refractivity contribution in [2.75, 3.05) is 6.54 Å². The van der Waals surface area contributed by atoms with Crippen LogP contribution in [0.5, 0.6) is 0 Å². The predicted molar refractivity (Wildman–Crippen MR) is 89.7 cm³/mol. The molecule has 0 aromatic heterocycles. The monoisotopic (exact) mass is 311 g/mol. The Morgan fingerprint density at radius 3 is 2.48 bits per heavy atom. The highest BCUT2D eigenvalue weighted by molar-refractivity contribution is 5.78. The fourth-order valence-electron chi connectivity index (χ4n) is 3.57. The van der Waals surface area contributed by atoms with Crippen LogP contribution in [0.3, 0.4) is 0 Å². The molecule has 1 saturated carbocycles. The third kappa shape index (κ3) is 3.79. The summed E-state index contributed by atoms with van der Waals surface area (Å²) in [6.45, 7) is 0.658. The maximum atomic E-state index is 13.2. The zero-order chi connectivity index (χ0) is 16.1. The predicted octanol–water partition coefficient (Wildman–Crippen LogP) is 4.00. The van der Waals surface area contributed by atoms with Crippen LogP contribution < -0.4 is 5.32 Å². The molecule has 1 fully saturated rings. The average Bonchev–Trinajstić information content (AvgIpc) is 3.04. The van der Waals surface area contributed by atoms with Crippen molar-refractivity contribution in [2.45, 2.75) is 37.5 Å². The van der Waals surface area contributed by atoms with Crippen LogP contribution in [-0.4, -0.2) is 12.5 Å². The number of rotatable bonds is 5. The van der Waals surface area contributed by atoms with Gasteiger partial charge in [0, 0.05) is 12.0 Å². The van der Waals surface area contributed by atoms with Crippen LogP contribution in [0.1, 0.15) is 36.8 Å². The summed E-state index contributed by atoms with van der Waals surface area (Å²) in [5.41, 5.74) is 2.07. The average molecular weight is 311 g/mol. The Kier molecular flexibility index (Phi) is 4.75. The van der Waals surface area contributed by atoms with Crippen LogP contribution >= 0.6 is 0 Å². The van der Waals surface area contributed by atoms with E-state index >= 15 is 0 Å². The summed E-state index contributed by atoms with van der Waals surface area (Å²) in [7, 11) is 0. The van der Waals surface area contributed by atoms with Crippen molar-refractivity contribution >= 4 is 5.91 Å². The lowest BCUT2D eigenvalue weighted by molar-refractivity contribution is -0.120. The molecule has 3 rings (SSSR count). The zero-order valence-corrected chi connectivity index (χ0v) is 13.2. The topological polar surface area (TPSA) is 29.1 Å².